The van der Waals surface area contributed by atoms with Crippen molar-refractivity contribution in [2.45, 2.75) is 32.9 Å². The molecule has 1 aromatic heterocycles. The molecule has 0 saturated carbocycles. The van der Waals surface area contributed by atoms with Gasteiger partial charge in [-0.2, -0.15) is 0 Å². The van der Waals surface area contributed by atoms with Crippen molar-refractivity contribution in [2.24, 2.45) is 0 Å². The van der Waals surface area contributed by atoms with Gasteiger partial charge in [-0.1, -0.05) is 0 Å². The highest BCUT2D eigenvalue weighted by Crippen LogP contribution is 2.11. The van der Waals surface area contributed by atoms with Crippen LogP contribution < -0.4 is 5.32 Å². The van der Waals surface area contributed by atoms with Crippen LogP contribution in [-0.4, -0.2) is 24.7 Å². The first-order valence-corrected chi connectivity index (χ1v) is 4.82. The molecule has 80 valence electrons. The largest absolute Gasteiger partial charge is 0.444 e. The van der Waals surface area contributed by atoms with Crippen LogP contribution >= 0.6 is 0 Å². The molecule has 1 N–H and O–H groups in total. The summed E-state index contributed by atoms with van der Waals surface area (Å²) >= 11 is 0. The number of aromatic nitrogens is 1. The second kappa shape index (κ2) is 5.12. The lowest BCUT2D eigenvalue weighted by atomic mass is 10.3. The maximum absolute atomic E-state index is 5.40. The average Bonchev–Trinajstić information content (AvgIpc) is 2.60. The van der Waals surface area contributed by atoms with Crippen LogP contribution in [0.5, 0.6) is 0 Å². The van der Waals surface area contributed by atoms with E-state index in [-0.39, 0.29) is 12.1 Å². The van der Waals surface area contributed by atoms with Gasteiger partial charge in [-0.25, -0.2) is 4.98 Å². The van der Waals surface area contributed by atoms with E-state index in [9.17, 15) is 0 Å². The molecule has 0 aliphatic rings. The van der Waals surface area contributed by atoms with E-state index in [1.807, 2.05) is 20.8 Å². The standard InChI is InChI=1S/C10H18N2O2/c1-7(13-4)5-11-9(3)10-12-6-8(2)14-10/h6-7,9,11H,5H2,1-4H3. The first-order valence-electron chi connectivity index (χ1n) is 4.82. The first-order chi connectivity index (χ1) is 6.63. The van der Waals surface area contributed by atoms with E-state index in [1.54, 1.807) is 13.3 Å². The van der Waals surface area contributed by atoms with Gasteiger partial charge in [0.15, 0.2) is 0 Å². The minimum absolute atomic E-state index is 0.126. The Kier molecular flexibility index (Phi) is 4.10. The minimum atomic E-state index is 0.126. The third kappa shape index (κ3) is 3.12. The smallest absolute Gasteiger partial charge is 0.211 e. The van der Waals surface area contributed by atoms with Gasteiger partial charge in [0.2, 0.25) is 5.89 Å². The van der Waals surface area contributed by atoms with Crippen molar-refractivity contribution in [3.8, 4) is 0 Å². The van der Waals surface area contributed by atoms with Crippen molar-refractivity contribution in [3.63, 3.8) is 0 Å². The molecule has 1 heterocycles. The Balaban J connectivity index is 2.39. The van der Waals surface area contributed by atoms with E-state index in [1.165, 1.54) is 0 Å². The maximum Gasteiger partial charge on any atom is 0.211 e. The van der Waals surface area contributed by atoms with E-state index >= 15 is 0 Å². The number of ether oxygens (including phenoxy) is 1. The minimum Gasteiger partial charge on any atom is -0.444 e. The number of methoxy groups -OCH3 is 1. The summed E-state index contributed by atoms with van der Waals surface area (Å²) in [4.78, 5) is 4.15. The van der Waals surface area contributed by atoms with Gasteiger partial charge in [0, 0.05) is 13.7 Å². The Hall–Kier alpha value is -0.870. The Morgan fingerprint density at radius 1 is 1.57 bits per heavy atom. The molecule has 1 rings (SSSR count). The van der Waals surface area contributed by atoms with Crippen LogP contribution in [0.4, 0.5) is 0 Å². The van der Waals surface area contributed by atoms with E-state index in [2.05, 4.69) is 10.3 Å². The van der Waals surface area contributed by atoms with Gasteiger partial charge in [-0.15, -0.1) is 0 Å². The maximum atomic E-state index is 5.40. The predicted molar refractivity (Wildman–Crippen MR) is 54.1 cm³/mol. The number of aryl methyl sites for hydroxylation is 1. The van der Waals surface area contributed by atoms with Crippen molar-refractivity contribution >= 4 is 0 Å². The summed E-state index contributed by atoms with van der Waals surface area (Å²) in [5, 5.41) is 3.28. The van der Waals surface area contributed by atoms with Gasteiger partial charge in [0.1, 0.15) is 5.76 Å². The number of oxazole rings is 1. The molecular weight excluding hydrogens is 180 g/mol. The molecule has 0 saturated heterocycles. The number of nitrogens with one attached hydrogen (secondary N) is 1. The van der Waals surface area contributed by atoms with Crippen molar-refractivity contribution in [3.05, 3.63) is 17.8 Å². The summed E-state index contributed by atoms with van der Waals surface area (Å²) in [5.41, 5.74) is 0. The van der Waals surface area contributed by atoms with Gasteiger partial charge in [0.05, 0.1) is 18.3 Å². The molecule has 4 nitrogen and oxygen atoms in total. The monoisotopic (exact) mass is 198 g/mol. The fraction of sp³-hybridized carbons (Fsp3) is 0.700. The van der Waals surface area contributed by atoms with Crippen LogP contribution in [0.25, 0.3) is 0 Å². The number of nitrogens with zero attached hydrogens (tertiary/aromatic N) is 1. The van der Waals surface area contributed by atoms with Gasteiger partial charge in [-0.05, 0) is 20.8 Å². The van der Waals surface area contributed by atoms with Crippen molar-refractivity contribution in [1.29, 1.82) is 0 Å². The van der Waals surface area contributed by atoms with E-state index in [0.29, 0.717) is 0 Å². The predicted octanol–water partition coefficient (Wildman–Crippen LogP) is 1.67. The molecule has 0 aromatic carbocycles. The summed E-state index contributed by atoms with van der Waals surface area (Å²) in [5.74, 6) is 1.57. The Labute approximate surface area is 84.7 Å². The van der Waals surface area contributed by atoms with Crippen LogP contribution in [0.2, 0.25) is 0 Å². The topological polar surface area (TPSA) is 47.3 Å². The molecule has 0 fully saturated rings. The third-order valence-corrected chi connectivity index (χ3v) is 2.12. The van der Waals surface area contributed by atoms with Crippen LogP contribution in [-0.2, 0) is 4.74 Å². The molecule has 2 unspecified atom stereocenters. The summed E-state index contributed by atoms with van der Waals surface area (Å²) in [6.07, 6.45) is 1.93. The average molecular weight is 198 g/mol. The summed E-state index contributed by atoms with van der Waals surface area (Å²) < 4.78 is 10.5. The lowest BCUT2D eigenvalue weighted by Crippen LogP contribution is -2.28. The highest BCUT2D eigenvalue weighted by atomic mass is 16.5. The molecular formula is C10H18N2O2. The zero-order valence-corrected chi connectivity index (χ0v) is 9.20. The molecule has 2 atom stereocenters. The van der Waals surface area contributed by atoms with Crippen LogP contribution in [0, 0.1) is 6.92 Å². The van der Waals surface area contributed by atoms with E-state index < -0.39 is 0 Å². The summed E-state index contributed by atoms with van der Waals surface area (Å²) in [6.45, 7) is 6.72. The van der Waals surface area contributed by atoms with Crippen LogP contribution in [0.1, 0.15) is 31.5 Å². The van der Waals surface area contributed by atoms with Crippen molar-refractivity contribution in [2.75, 3.05) is 13.7 Å². The molecule has 0 radical (unpaired) electrons. The first kappa shape index (κ1) is 11.2. The molecule has 0 aliphatic carbocycles. The van der Waals surface area contributed by atoms with Crippen molar-refractivity contribution < 1.29 is 9.15 Å². The fourth-order valence-electron chi connectivity index (χ4n) is 1.09. The van der Waals surface area contributed by atoms with E-state index in [4.69, 9.17) is 9.15 Å². The molecule has 0 aliphatic heterocycles. The molecule has 4 heteroatoms. The summed E-state index contributed by atoms with van der Waals surface area (Å²) in [7, 11) is 1.70. The molecule has 14 heavy (non-hydrogen) atoms. The Morgan fingerprint density at radius 2 is 2.29 bits per heavy atom. The SMILES string of the molecule is COC(C)CNC(C)c1ncc(C)o1. The van der Waals surface area contributed by atoms with Crippen LogP contribution in [0.15, 0.2) is 10.6 Å². The highest BCUT2D eigenvalue weighted by Gasteiger charge is 2.11. The second-order valence-electron chi connectivity index (χ2n) is 3.49. The fourth-order valence-corrected chi connectivity index (χ4v) is 1.09. The van der Waals surface area contributed by atoms with Gasteiger partial charge >= 0.3 is 0 Å². The van der Waals surface area contributed by atoms with Crippen LogP contribution in [0.3, 0.4) is 0 Å². The lowest BCUT2D eigenvalue weighted by Gasteiger charge is -2.14. The van der Waals surface area contributed by atoms with Gasteiger partial charge in [-0.3, -0.25) is 0 Å². The normalized spacial score (nSPS) is 15.4. The molecule has 1 aromatic rings. The number of hydrogen-bond acceptors (Lipinski definition) is 4. The second-order valence-corrected chi connectivity index (χ2v) is 3.49. The number of hydrogen-bond donors (Lipinski definition) is 1. The quantitative estimate of drug-likeness (QED) is 0.781. The zero-order chi connectivity index (χ0) is 10.6. The number of rotatable bonds is 5. The molecule has 0 spiro atoms. The van der Waals surface area contributed by atoms with E-state index in [0.717, 1.165) is 18.2 Å². The van der Waals surface area contributed by atoms with Crippen molar-refractivity contribution in [1.82, 2.24) is 10.3 Å². The van der Waals surface area contributed by atoms with Gasteiger partial charge < -0.3 is 14.5 Å². The molecule has 0 amide bonds. The Morgan fingerprint density at radius 3 is 2.79 bits per heavy atom. The lowest BCUT2D eigenvalue weighted by molar-refractivity contribution is 0.114. The summed E-state index contributed by atoms with van der Waals surface area (Å²) in [6, 6.07) is 0.126. The Bertz CT molecular complexity index is 273. The third-order valence-electron chi connectivity index (χ3n) is 2.12. The van der Waals surface area contributed by atoms with Gasteiger partial charge in [0.25, 0.3) is 0 Å². The molecule has 0 bridgehead atoms. The highest BCUT2D eigenvalue weighted by molar-refractivity contribution is 4.94. The zero-order valence-electron chi connectivity index (χ0n) is 9.20.